The van der Waals surface area contributed by atoms with Crippen LogP contribution in [0.3, 0.4) is 0 Å². The van der Waals surface area contributed by atoms with Gasteiger partial charge in [-0.25, -0.2) is 4.39 Å². The average molecular weight is 340 g/mol. The van der Waals surface area contributed by atoms with Crippen LogP contribution in [-0.4, -0.2) is 16.7 Å². The SMILES string of the molecule is Fc1ccc(-c2nc(C3CCCCCN3)no2)c(Br)c1. The molecule has 0 amide bonds. The van der Waals surface area contributed by atoms with Gasteiger partial charge in [-0.2, -0.15) is 4.98 Å². The van der Waals surface area contributed by atoms with Crippen LogP contribution >= 0.6 is 15.9 Å². The summed E-state index contributed by atoms with van der Waals surface area (Å²) in [7, 11) is 0. The molecule has 0 spiro atoms. The Balaban J connectivity index is 1.85. The number of hydrogen-bond acceptors (Lipinski definition) is 4. The van der Waals surface area contributed by atoms with Gasteiger partial charge in [0.2, 0.25) is 0 Å². The summed E-state index contributed by atoms with van der Waals surface area (Å²) >= 11 is 3.32. The van der Waals surface area contributed by atoms with E-state index in [2.05, 4.69) is 31.4 Å². The summed E-state index contributed by atoms with van der Waals surface area (Å²) in [5, 5.41) is 7.49. The number of halogens is 2. The molecule has 1 N–H and O–H groups in total. The maximum Gasteiger partial charge on any atom is 0.259 e. The van der Waals surface area contributed by atoms with Gasteiger partial charge in [0, 0.05) is 4.47 Å². The Kier molecular flexibility index (Phi) is 4.12. The Morgan fingerprint density at radius 1 is 1.30 bits per heavy atom. The Labute approximate surface area is 124 Å². The predicted octanol–water partition coefficient (Wildman–Crippen LogP) is 3.84. The van der Waals surface area contributed by atoms with Gasteiger partial charge in [-0.1, -0.05) is 18.0 Å². The van der Waals surface area contributed by atoms with Gasteiger partial charge in [0.05, 0.1) is 11.6 Å². The molecule has 106 valence electrons. The van der Waals surface area contributed by atoms with Crippen molar-refractivity contribution in [1.29, 1.82) is 0 Å². The van der Waals surface area contributed by atoms with Gasteiger partial charge in [0.1, 0.15) is 5.82 Å². The largest absolute Gasteiger partial charge is 0.334 e. The van der Waals surface area contributed by atoms with Crippen molar-refractivity contribution in [3.63, 3.8) is 0 Å². The Hall–Kier alpha value is -1.27. The third-order valence-corrected chi connectivity index (χ3v) is 4.13. The second-order valence-electron chi connectivity index (χ2n) is 4.94. The normalized spacial score (nSPS) is 19.8. The first-order valence-electron chi connectivity index (χ1n) is 6.76. The van der Waals surface area contributed by atoms with Crippen LogP contribution in [0.15, 0.2) is 27.2 Å². The molecule has 1 aliphatic rings. The van der Waals surface area contributed by atoms with Crippen LogP contribution in [-0.2, 0) is 0 Å². The smallest absolute Gasteiger partial charge is 0.259 e. The van der Waals surface area contributed by atoms with E-state index in [4.69, 9.17) is 4.52 Å². The van der Waals surface area contributed by atoms with Crippen molar-refractivity contribution in [2.24, 2.45) is 0 Å². The maximum absolute atomic E-state index is 13.1. The highest BCUT2D eigenvalue weighted by atomic mass is 79.9. The molecule has 1 fully saturated rings. The van der Waals surface area contributed by atoms with Crippen molar-refractivity contribution in [2.75, 3.05) is 6.54 Å². The van der Waals surface area contributed by atoms with Crippen LogP contribution in [0.25, 0.3) is 11.5 Å². The van der Waals surface area contributed by atoms with E-state index < -0.39 is 0 Å². The average Bonchev–Trinajstić information content (AvgIpc) is 2.74. The zero-order chi connectivity index (χ0) is 13.9. The molecule has 4 nitrogen and oxygen atoms in total. The summed E-state index contributed by atoms with van der Waals surface area (Å²) in [6.07, 6.45) is 4.60. The molecule has 0 bridgehead atoms. The minimum Gasteiger partial charge on any atom is -0.334 e. The fraction of sp³-hybridized carbons (Fsp3) is 0.429. The van der Waals surface area contributed by atoms with Gasteiger partial charge in [-0.15, -0.1) is 0 Å². The van der Waals surface area contributed by atoms with E-state index in [1.165, 1.54) is 31.4 Å². The number of nitrogens with zero attached hydrogens (tertiary/aromatic N) is 2. The highest BCUT2D eigenvalue weighted by molar-refractivity contribution is 9.10. The maximum atomic E-state index is 13.1. The molecule has 20 heavy (non-hydrogen) atoms. The summed E-state index contributed by atoms with van der Waals surface area (Å²) in [5.74, 6) is 0.793. The molecule has 1 aromatic heterocycles. The van der Waals surface area contributed by atoms with Crippen LogP contribution in [0.1, 0.15) is 37.5 Å². The molecular formula is C14H15BrFN3O. The minimum atomic E-state index is -0.300. The zero-order valence-electron chi connectivity index (χ0n) is 10.9. The van der Waals surface area contributed by atoms with Gasteiger partial charge >= 0.3 is 0 Å². The Morgan fingerprint density at radius 3 is 3.05 bits per heavy atom. The van der Waals surface area contributed by atoms with Crippen molar-refractivity contribution in [3.8, 4) is 11.5 Å². The molecular weight excluding hydrogens is 325 g/mol. The minimum absolute atomic E-state index is 0.147. The van der Waals surface area contributed by atoms with Crippen molar-refractivity contribution in [3.05, 3.63) is 34.3 Å². The van der Waals surface area contributed by atoms with E-state index in [0.29, 0.717) is 21.8 Å². The fourth-order valence-electron chi connectivity index (χ4n) is 2.40. The second kappa shape index (κ2) is 6.01. The van der Waals surface area contributed by atoms with E-state index >= 15 is 0 Å². The topological polar surface area (TPSA) is 51.0 Å². The summed E-state index contributed by atoms with van der Waals surface area (Å²) < 4.78 is 19.0. The molecule has 1 unspecified atom stereocenters. The van der Waals surface area contributed by atoms with Crippen LogP contribution in [0.4, 0.5) is 4.39 Å². The quantitative estimate of drug-likeness (QED) is 0.902. The van der Waals surface area contributed by atoms with Crippen LogP contribution in [0.5, 0.6) is 0 Å². The number of aromatic nitrogens is 2. The molecule has 0 aliphatic carbocycles. The lowest BCUT2D eigenvalue weighted by atomic mass is 10.1. The number of benzene rings is 1. The lowest BCUT2D eigenvalue weighted by Gasteiger charge is -2.09. The number of nitrogens with one attached hydrogen (secondary N) is 1. The molecule has 3 rings (SSSR count). The summed E-state index contributed by atoms with van der Waals surface area (Å²) in [6, 6.07) is 4.56. The molecule has 1 atom stereocenters. The van der Waals surface area contributed by atoms with Gasteiger partial charge in [-0.3, -0.25) is 0 Å². The Bertz CT molecular complexity index is 594. The lowest BCUT2D eigenvalue weighted by Crippen LogP contribution is -2.21. The van der Waals surface area contributed by atoms with E-state index in [1.54, 1.807) is 6.07 Å². The van der Waals surface area contributed by atoms with Gasteiger partial charge in [0.25, 0.3) is 5.89 Å². The van der Waals surface area contributed by atoms with E-state index in [1.807, 2.05) is 0 Å². The lowest BCUT2D eigenvalue weighted by molar-refractivity contribution is 0.402. The van der Waals surface area contributed by atoms with Gasteiger partial charge in [-0.05, 0) is 53.5 Å². The van der Waals surface area contributed by atoms with E-state index in [-0.39, 0.29) is 11.9 Å². The van der Waals surface area contributed by atoms with Crippen LogP contribution in [0.2, 0.25) is 0 Å². The van der Waals surface area contributed by atoms with E-state index in [0.717, 1.165) is 13.0 Å². The third-order valence-electron chi connectivity index (χ3n) is 3.48. The monoisotopic (exact) mass is 339 g/mol. The van der Waals surface area contributed by atoms with Crippen LogP contribution < -0.4 is 5.32 Å². The molecule has 2 heterocycles. The molecule has 1 aromatic carbocycles. The van der Waals surface area contributed by atoms with Crippen LogP contribution in [0, 0.1) is 5.82 Å². The van der Waals surface area contributed by atoms with Crippen molar-refractivity contribution in [2.45, 2.75) is 31.7 Å². The highest BCUT2D eigenvalue weighted by Crippen LogP contribution is 2.29. The molecule has 6 heteroatoms. The van der Waals surface area contributed by atoms with Crippen molar-refractivity contribution in [1.82, 2.24) is 15.5 Å². The standard InChI is InChI=1S/C14H15BrFN3O/c15-11-8-9(16)5-6-10(11)14-18-13(19-20-14)12-4-2-1-3-7-17-12/h5-6,8,12,17H,1-4,7H2. The van der Waals surface area contributed by atoms with Gasteiger partial charge in [0.15, 0.2) is 5.82 Å². The first-order valence-corrected chi connectivity index (χ1v) is 7.56. The predicted molar refractivity (Wildman–Crippen MR) is 76.6 cm³/mol. The summed E-state index contributed by atoms with van der Waals surface area (Å²) in [6.45, 7) is 0.981. The number of hydrogen-bond donors (Lipinski definition) is 1. The first kappa shape index (κ1) is 13.7. The molecule has 0 radical (unpaired) electrons. The number of rotatable bonds is 2. The molecule has 0 saturated carbocycles. The Morgan fingerprint density at radius 2 is 2.20 bits per heavy atom. The zero-order valence-corrected chi connectivity index (χ0v) is 12.5. The third kappa shape index (κ3) is 2.91. The highest BCUT2D eigenvalue weighted by Gasteiger charge is 2.20. The first-order chi connectivity index (χ1) is 9.74. The molecule has 1 aliphatic heterocycles. The van der Waals surface area contributed by atoms with E-state index in [9.17, 15) is 4.39 Å². The van der Waals surface area contributed by atoms with Crippen molar-refractivity contribution < 1.29 is 8.91 Å². The summed E-state index contributed by atoms with van der Waals surface area (Å²) in [4.78, 5) is 4.44. The van der Waals surface area contributed by atoms with Gasteiger partial charge < -0.3 is 9.84 Å². The van der Waals surface area contributed by atoms with Crippen molar-refractivity contribution >= 4 is 15.9 Å². The second-order valence-corrected chi connectivity index (χ2v) is 5.79. The molecule has 2 aromatic rings. The summed E-state index contributed by atoms with van der Waals surface area (Å²) in [5.41, 5.74) is 0.707. The fourth-order valence-corrected chi connectivity index (χ4v) is 2.92. The molecule has 1 saturated heterocycles.